The van der Waals surface area contributed by atoms with Crippen LogP contribution in [0.3, 0.4) is 0 Å². The fourth-order valence-electron chi connectivity index (χ4n) is 1.57. The molecule has 0 atom stereocenters. The lowest BCUT2D eigenvalue weighted by molar-refractivity contribution is -0.385. The number of thiazole rings is 1. The van der Waals surface area contributed by atoms with Crippen LogP contribution in [0.2, 0.25) is 0 Å². The van der Waals surface area contributed by atoms with Crippen molar-refractivity contribution in [2.45, 2.75) is 11.1 Å². The quantitative estimate of drug-likeness (QED) is 0.608. The molecule has 0 spiro atoms. The summed E-state index contributed by atoms with van der Waals surface area (Å²) in [5, 5.41) is 10.7. The summed E-state index contributed by atoms with van der Waals surface area (Å²) in [4.78, 5) is 23.2. The van der Waals surface area contributed by atoms with E-state index < -0.39 is 19.8 Å². The van der Waals surface area contributed by atoms with Crippen molar-refractivity contribution in [1.29, 1.82) is 0 Å². The molecule has 0 saturated carbocycles. The van der Waals surface area contributed by atoms with Gasteiger partial charge in [-0.2, -0.15) is 0 Å². The fraction of sp³-hybridized carbons (Fsp3) is 0.100. The number of nitro benzene ring substituents is 1. The Balaban J connectivity index is 2.37. The number of nitro groups is 1. The van der Waals surface area contributed by atoms with Gasteiger partial charge in [-0.25, -0.2) is 8.42 Å². The predicted octanol–water partition coefficient (Wildman–Crippen LogP) is 2.22. The highest BCUT2D eigenvalue weighted by Crippen LogP contribution is 2.29. The number of halogens is 1. The maximum atomic E-state index is 12.2. The first kappa shape index (κ1) is 15.7. The number of rotatable bonds is 4. The SMILES string of the molecule is Cc1[nH]c(=O)sc1S(=O)(=O)Nc1ccc([N+](=O)[O-])c(Br)c1. The Morgan fingerprint density at radius 3 is 2.57 bits per heavy atom. The predicted molar refractivity (Wildman–Crippen MR) is 81.3 cm³/mol. The number of hydrogen-bond donors (Lipinski definition) is 2. The fourth-order valence-corrected chi connectivity index (χ4v) is 4.44. The van der Waals surface area contributed by atoms with Crippen molar-refractivity contribution in [3.63, 3.8) is 0 Å². The molecule has 1 aromatic carbocycles. The molecule has 2 N–H and O–H groups in total. The maximum absolute atomic E-state index is 12.2. The summed E-state index contributed by atoms with van der Waals surface area (Å²) in [6, 6.07) is 3.72. The monoisotopic (exact) mass is 393 g/mol. The molecule has 1 heterocycles. The molecular weight excluding hydrogens is 386 g/mol. The molecule has 1 aromatic heterocycles. The molecular formula is C10H8BrN3O5S2. The smallest absolute Gasteiger partial charge is 0.306 e. The third-order valence-electron chi connectivity index (χ3n) is 2.42. The minimum absolute atomic E-state index is 0.123. The van der Waals surface area contributed by atoms with Crippen LogP contribution in [0.4, 0.5) is 11.4 Å². The van der Waals surface area contributed by atoms with E-state index in [4.69, 9.17) is 0 Å². The zero-order chi connectivity index (χ0) is 15.8. The minimum Gasteiger partial charge on any atom is -0.315 e. The van der Waals surface area contributed by atoms with Gasteiger partial charge in [0.15, 0.2) is 4.21 Å². The van der Waals surface area contributed by atoms with Gasteiger partial charge in [0.05, 0.1) is 15.1 Å². The van der Waals surface area contributed by atoms with Crippen molar-refractivity contribution in [1.82, 2.24) is 4.98 Å². The van der Waals surface area contributed by atoms with E-state index in [1.54, 1.807) is 0 Å². The van der Waals surface area contributed by atoms with Gasteiger partial charge in [0.25, 0.3) is 15.7 Å². The molecule has 0 aliphatic heterocycles. The van der Waals surface area contributed by atoms with E-state index in [1.807, 2.05) is 0 Å². The summed E-state index contributed by atoms with van der Waals surface area (Å²) < 4.78 is 26.6. The number of aromatic nitrogens is 1. The third-order valence-corrected chi connectivity index (χ3v) is 6.04. The lowest BCUT2D eigenvalue weighted by Gasteiger charge is -2.07. The van der Waals surface area contributed by atoms with Crippen molar-refractivity contribution in [2.24, 2.45) is 0 Å². The average Bonchev–Trinajstić information content (AvgIpc) is 2.68. The van der Waals surface area contributed by atoms with Gasteiger partial charge in [0, 0.05) is 11.8 Å². The van der Waals surface area contributed by atoms with E-state index in [2.05, 4.69) is 25.6 Å². The maximum Gasteiger partial charge on any atom is 0.306 e. The minimum atomic E-state index is -3.93. The van der Waals surface area contributed by atoms with Crippen LogP contribution in [0.25, 0.3) is 0 Å². The Hall–Kier alpha value is -1.72. The number of nitrogens with zero attached hydrogens (tertiary/aromatic N) is 1. The van der Waals surface area contributed by atoms with E-state index in [0.29, 0.717) is 11.3 Å². The standard InChI is InChI=1S/C10H8BrN3O5S2/c1-5-9(20-10(15)12-5)21(18,19)13-6-2-3-8(14(16)17)7(11)4-6/h2-4,13H,1H3,(H,12,15). The number of H-pyrrole nitrogens is 1. The van der Waals surface area contributed by atoms with Gasteiger partial charge < -0.3 is 4.98 Å². The molecule has 2 rings (SSSR count). The first-order chi connectivity index (χ1) is 9.70. The Bertz CT molecular complexity index is 871. The molecule has 21 heavy (non-hydrogen) atoms. The van der Waals surface area contributed by atoms with Gasteiger partial charge in [0.1, 0.15) is 0 Å². The molecule has 11 heteroatoms. The average molecular weight is 394 g/mol. The highest BCUT2D eigenvalue weighted by atomic mass is 79.9. The van der Waals surface area contributed by atoms with Gasteiger partial charge in [-0.15, -0.1) is 0 Å². The molecule has 0 unspecified atom stereocenters. The molecule has 8 nitrogen and oxygen atoms in total. The largest absolute Gasteiger partial charge is 0.315 e. The molecule has 0 aliphatic carbocycles. The molecule has 0 aliphatic rings. The summed E-state index contributed by atoms with van der Waals surface area (Å²) in [5.41, 5.74) is 0.201. The van der Waals surface area contributed by atoms with Crippen LogP contribution in [0.5, 0.6) is 0 Å². The van der Waals surface area contributed by atoms with E-state index in [1.165, 1.54) is 25.1 Å². The van der Waals surface area contributed by atoms with Crippen LogP contribution in [-0.2, 0) is 10.0 Å². The second kappa shape index (κ2) is 5.58. The number of benzene rings is 1. The van der Waals surface area contributed by atoms with Crippen LogP contribution in [0.1, 0.15) is 5.69 Å². The van der Waals surface area contributed by atoms with Gasteiger partial charge in [-0.1, -0.05) is 11.3 Å². The van der Waals surface area contributed by atoms with Crippen molar-refractivity contribution in [3.05, 3.63) is 48.1 Å². The number of hydrogen-bond acceptors (Lipinski definition) is 6. The number of aryl methyl sites for hydroxylation is 1. The van der Waals surface area contributed by atoms with Crippen LogP contribution in [-0.4, -0.2) is 18.3 Å². The lowest BCUT2D eigenvalue weighted by atomic mass is 10.3. The van der Waals surface area contributed by atoms with Gasteiger partial charge in [-0.05, 0) is 35.0 Å². The van der Waals surface area contributed by atoms with Crippen molar-refractivity contribution < 1.29 is 13.3 Å². The Morgan fingerprint density at radius 1 is 1.43 bits per heavy atom. The molecule has 2 aromatic rings. The highest BCUT2D eigenvalue weighted by molar-refractivity contribution is 9.10. The third kappa shape index (κ3) is 3.31. The lowest BCUT2D eigenvalue weighted by Crippen LogP contribution is -2.12. The topological polar surface area (TPSA) is 122 Å². The second-order valence-corrected chi connectivity index (χ2v) is 7.67. The highest BCUT2D eigenvalue weighted by Gasteiger charge is 2.21. The Morgan fingerprint density at radius 2 is 2.10 bits per heavy atom. The van der Waals surface area contributed by atoms with E-state index in [0.717, 1.165) is 0 Å². The molecule has 0 fully saturated rings. The Labute approximate surface area is 131 Å². The summed E-state index contributed by atoms with van der Waals surface area (Å²) in [5.74, 6) is 0. The normalized spacial score (nSPS) is 11.3. The van der Waals surface area contributed by atoms with Crippen LogP contribution in [0.15, 0.2) is 31.7 Å². The van der Waals surface area contributed by atoms with Crippen LogP contribution in [0, 0.1) is 17.0 Å². The molecule has 0 bridgehead atoms. The molecule has 112 valence electrons. The van der Waals surface area contributed by atoms with Crippen molar-refractivity contribution >= 4 is 48.7 Å². The second-order valence-electron chi connectivity index (χ2n) is 3.96. The summed E-state index contributed by atoms with van der Waals surface area (Å²) >= 11 is 3.57. The summed E-state index contributed by atoms with van der Waals surface area (Å²) in [7, 11) is -3.93. The number of anilines is 1. The van der Waals surface area contributed by atoms with Gasteiger partial charge in [0.2, 0.25) is 0 Å². The van der Waals surface area contributed by atoms with Crippen molar-refractivity contribution in [3.8, 4) is 0 Å². The van der Waals surface area contributed by atoms with Gasteiger partial charge in [-0.3, -0.25) is 19.6 Å². The zero-order valence-electron chi connectivity index (χ0n) is 10.4. The number of sulfonamides is 1. The molecule has 0 amide bonds. The van der Waals surface area contributed by atoms with Crippen LogP contribution >= 0.6 is 27.3 Å². The van der Waals surface area contributed by atoms with Crippen LogP contribution < -0.4 is 9.60 Å². The van der Waals surface area contributed by atoms with Gasteiger partial charge >= 0.3 is 4.87 Å². The van der Waals surface area contributed by atoms with E-state index in [9.17, 15) is 23.3 Å². The number of nitrogens with one attached hydrogen (secondary N) is 2. The first-order valence-corrected chi connectivity index (χ1v) is 8.46. The first-order valence-electron chi connectivity index (χ1n) is 5.37. The summed E-state index contributed by atoms with van der Waals surface area (Å²) in [6.45, 7) is 1.47. The molecule has 0 saturated heterocycles. The van der Waals surface area contributed by atoms with Crippen molar-refractivity contribution in [2.75, 3.05) is 4.72 Å². The van der Waals surface area contributed by atoms with E-state index in [-0.39, 0.29) is 25.8 Å². The summed E-state index contributed by atoms with van der Waals surface area (Å²) in [6.07, 6.45) is 0. The number of aromatic amines is 1. The van der Waals surface area contributed by atoms with E-state index >= 15 is 0 Å². The molecule has 0 radical (unpaired) electrons. The zero-order valence-corrected chi connectivity index (χ0v) is 13.6. The Kier molecular flexibility index (Phi) is 4.16.